The fourth-order valence-electron chi connectivity index (χ4n) is 12.6. The minimum absolute atomic E-state index is 0.562. The molecule has 0 amide bonds. The van der Waals surface area contributed by atoms with Crippen molar-refractivity contribution in [2.45, 2.75) is 0 Å². The fourth-order valence-corrected chi connectivity index (χ4v) is 14.9. The maximum Gasteiger partial charge on any atom is 0.164 e. The van der Waals surface area contributed by atoms with Crippen LogP contribution in [0, 0.1) is 0 Å². The number of para-hydroxylation sites is 2. The van der Waals surface area contributed by atoms with Crippen LogP contribution in [0.1, 0.15) is 0 Å². The monoisotopic (exact) mass is 1320 g/mol. The van der Waals surface area contributed by atoms with Crippen LogP contribution < -0.4 is 0 Å². The van der Waals surface area contributed by atoms with E-state index in [0.29, 0.717) is 46.2 Å². The van der Waals surface area contributed by atoms with Gasteiger partial charge in [0, 0.05) is 66.2 Å². The third-order valence-electron chi connectivity index (χ3n) is 17.6. The quantitative estimate of drug-likeness (QED) is 0.120. The van der Waals surface area contributed by atoms with Crippen molar-refractivity contribution >= 4 is 85.5 Å². The summed E-state index contributed by atoms with van der Waals surface area (Å²) in [6.07, 6.45) is 1.85. The minimum atomic E-state index is 0.562. The van der Waals surface area contributed by atoms with Crippen molar-refractivity contribution in [1.29, 1.82) is 0 Å². The van der Waals surface area contributed by atoms with Crippen LogP contribution in [-0.4, -0.2) is 65.3 Å². The molecule has 0 atom stereocenters. The van der Waals surface area contributed by atoms with Gasteiger partial charge in [-0.15, -0.1) is 32.9 Å². The summed E-state index contributed by atoms with van der Waals surface area (Å²) >= 11 is 3.30. The first-order valence-electron chi connectivity index (χ1n) is 32.5. The van der Waals surface area contributed by atoms with Crippen LogP contribution in [0.4, 0.5) is 0 Å². The van der Waals surface area contributed by atoms with Gasteiger partial charge in [0.2, 0.25) is 0 Å². The van der Waals surface area contributed by atoms with Crippen molar-refractivity contribution in [2.24, 2.45) is 0 Å². The summed E-state index contributed by atoms with van der Waals surface area (Å²) in [7, 11) is 0. The Morgan fingerprint density at radius 1 is 0.230 bits per heavy atom. The Hall–Kier alpha value is -13.2. The maximum atomic E-state index is 5.12. The third-order valence-corrected chi connectivity index (χ3v) is 19.9. The van der Waals surface area contributed by atoms with Crippen LogP contribution in [0.25, 0.3) is 187 Å². The Balaban J connectivity index is 0.000000145. The fraction of sp³-hybridized carbons (Fsp3) is 0. The van der Waals surface area contributed by atoms with Gasteiger partial charge in [0.05, 0.1) is 37.2 Å². The van der Waals surface area contributed by atoms with Gasteiger partial charge < -0.3 is 0 Å². The number of thiophene rings is 2. The lowest BCUT2D eigenvalue weighted by Gasteiger charge is -2.10. The largest absolute Gasteiger partial charge is 0.254 e. The van der Waals surface area contributed by atoms with E-state index in [4.69, 9.17) is 49.8 Å². The molecule has 0 aliphatic carbocycles. The van der Waals surface area contributed by atoms with Gasteiger partial charge in [-0.05, 0) is 75.0 Å². The number of rotatable bonds is 11. The van der Waals surface area contributed by atoms with Gasteiger partial charge in [-0.2, -0.15) is 0 Å². The highest BCUT2D eigenvalue weighted by Gasteiger charge is 2.21. The number of benzene rings is 11. The smallest absolute Gasteiger partial charge is 0.164 e. The third kappa shape index (κ3) is 11.5. The Kier molecular flexibility index (Phi) is 15.3. The van der Waals surface area contributed by atoms with Crippen LogP contribution in [0.15, 0.2) is 310 Å². The highest BCUT2D eigenvalue weighted by Crippen LogP contribution is 2.43. The highest BCUT2D eigenvalue weighted by molar-refractivity contribution is 7.26. The predicted octanol–water partition coefficient (Wildman–Crippen LogP) is 20.9. The number of aromatic nitrogens is 13. The standard InChI is InChI=1S/C47H29N5S.C38H22N8S/c1-3-10-30(11-4-1)31-19-25-36(26-20-31)46-50-45(35-12-5-2-6-13-35)51-47(52-46)37-27-21-33(22-28-37)32-17-23-34(24-18-32)42-44-41(38-14-7-8-16-40(38)53-44)43-39(49-42)15-9-29-48-43;1-3-10-23(11-4-1)24-18-20-26(21-19-24)36-41-35(25-12-5-2-6-13-25)42-37(43-36)28-15-9-14-27(22-28)31-34-32(45-46-44-31)33-38(47-34)40-30-17-8-7-16-29(30)39-33/h1-29H;1-22H. The Morgan fingerprint density at radius 2 is 0.630 bits per heavy atom. The van der Waals surface area contributed by atoms with E-state index < -0.39 is 0 Å². The Labute approximate surface area is 580 Å². The molecule has 8 heterocycles. The van der Waals surface area contributed by atoms with Crippen molar-refractivity contribution < 1.29 is 0 Å². The number of pyridine rings is 2. The number of hydrogen-bond acceptors (Lipinski definition) is 15. The molecule has 0 N–H and O–H groups in total. The lowest BCUT2D eigenvalue weighted by atomic mass is 10.0. The second-order valence-electron chi connectivity index (χ2n) is 23.9. The van der Waals surface area contributed by atoms with Crippen molar-refractivity contribution in [2.75, 3.05) is 0 Å². The zero-order chi connectivity index (χ0) is 66.3. The molecule has 0 unspecified atom stereocenters. The van der Waals surface area contributed by atoms with E-state index in [-0.39, 0.29) is 0 Å². The summed E-state index contributed by atoms with van der Waals surface area (Å²) in [4.78, 5) is 50.0. The SMILES string of the molecule is c1ccc(-c2ccc(-c3nc(-c4ccccc4)nc(-c4ccc(-c5ccc(-c6nc7cccnc7c7c6sc6ccccc67)cc5)cc4)n3)cc2)cc1.c1ccc(-c2ccc(-c3nc(-c4ccccc4)nc(-c4cccc(-c5nnnc6c5sc5nc7ccccc7nc56)c4)n3)cc2)cc1. The molecule has 0 aliphatic rings. The van der Waals surface area contributed by atoms with Crippen LogP contribution in [0.2, 0.25) is 0 Å². The molecule has 468 valence electrons. The molecule has 0 spiro atoms. The average molecular weight is 1320 g/mol. The van der Waals surface area contributed by atoms with Gasteiger partial charge in [0.15, 0.2) is 34.9 Å². The molecule has 19 rings (SSSR count). The van der Waals surface area contributed by atoms with Gasteiger partial charge in [-0.25, -0.2) is 44.9 Å². The molecule has 0 fully saturated rings. The molecule has 11 aromatic carbocycles. The van der Waals surface area contributed by atoms with Crippen LogP contribution in [0.3, 0.4) is 0 Å². The lowest BCUT2D eigenvalue weighted by molar-refractivity contribution is 0.904. The Bertz CT molecular complexity index is 6240. The van der Waals surface area contributed by atoms with Crippen molar-refractivity contribution in [3.05, 3.63) is 310 Å². The summed E-state index contributed by atoms with van der Waals surface area (Å²) in [5.41, 5.74) is 20.8. The summed E-state index contributed by atoms with van der Waals surface area (Å²) in [5, 5.41) is 15.4. The second-order valence-corrected chi connectivity index (χ2v) is 25.9. The zero-order valence-corrected chi connectivity index (χ0v) is 54.7. The molecule has 0 bridgehead atoms. The van der Waals surface area contributed by atoms with E-state index in [1.165, 1.54) is 32.4 Å². The van der Waals surface area contributed by atoms with Crippen LogP contribution in [-0.2, 0) is 0 Å². The average Bonchev–Trinajstić information content (AvgIpc) is 1.57. The van der Waals surface area contributed by atoms with E-state index in [9.17, 15) is 0 Å². The van der Waals surface area contributed by atoms with Gasteiger partial charge in [-0.3, -0.25) is 4.98 Å². The molecule has 0 aliphatic heterocycles. The van der Waals surface area contributed by atoms with Gasteiger partial charge in [-0.1, -0.05) is 267 Å². The second kappa shape index (κ2) is 25.7. The molecule has 100 heavy (non-hydrogen) atoms. The molecule has 0 saturated carbocycles. The first kappa shape index (κ1) is 59.3. The van der Waals surface area contributed by atoms with Crippen molar-refractivity contribution in [3.63, 3.8) is 0 Å². The van der Waals surface area contributed by atoms with Gasteiger partial charge in [0.25, 0.3) is 0 Å². The lowest BCUT2D eigenvalue weighted by Crippen LogP contribution is -2.00. The molecule has 0 saturated heterocycles. The van der Waals surface area contributed by atoms with Gasteiger partial charge >= 0.3 is 0 Å². The molecule has 8 aromatic heterocycles. The minimum Gasteiger partial charge on any atom is -0.254 e. The highest BCUT2D eigenvalue weighted by atomic mass is 32.1. The normalized spacial score (nSPS) is 11.4. The number of hydrogen-bond donors (Lipinski definition) is 0. The molecule has 13 nitrogen and oxygen atoms in total. The summed E-state index contributed by atoms with van der Waals surface area (Å²) in [6.45, 7) is 0. The molecule has 19 aromatic rings. The van der Waals surface area contributed by atoms with E-state index >= 15 is 0 Å². The van der Waals surface area contributed by atoms with Crippen molar-refractivity contribution in [1.82, 2.24) is 65.3 Å². The predicted molar refractivity (Wildman–Crippen MR) is 405 cm³/mol. The Morgan fingerprint density at radius 3 is 1.16 bits per heavy atom. The summed E-state index contributed by atoms with van der Waals surface area (Å²) in [5.74, 6) is 3.67. The van der Waals surface area contributed by atoms with Crippen LogP contribution in [0.5, 0.6) is 0 Å². The molecule has 0 radical (unpaired) electrons. The first-order chi connectivity index (χ1) is 49.5. The zero-order valence-electron chi connectivity index (χ0n) is 53.1. The topological polar surface area (TPSA) is 168 Å². The maximum absolute atomic E-state index is 5.12. The summed E-state index contributed by atoms with van der Waals surface area (Å²) < 4.78 is 3.28. The van der Waals surface area contributed by atoms with E-state index in [1.807, 2.05) is 152 Å². The first-order valence-corrected chi connectivity index (χ1v) is 34.2. The molecular weight excluding hydrogens is 1270 g/mol. The van der Waals surface area contributed by atoms with Crippen LogP contribution >= 0.6 is 22.7 Å². The van der Waals surface area contributed by atoms with E-state index in [1.54, 1.807) is 11.3 Å². The molecular formula is C85H51N13S2. The summed E-state index contributed by atoms with van der Waals surface area (Å²) in [6, 6.07) is 103. The molecule has 15 heteroatoms. The van der Waals surface area contributed by atoms with Gasteiger partial charge in [0.1, 0.15) is 21.6 Å². The van der Waals surface area contributed by atoms with E-state index in [0.717, 1.165) is 120 Å². The van der Waals surface area contributed by atoms with Crippen molar-refractivity contribution in [3.8, 4) is 124 Å². The van der Waals surface area contributed by atoms with E-state index in [2.05, 4.69) is 173 Å². The number of nitrogens with zero attached hydrogens (tertiary/aromatic N) is 13. The number of fused-ring (bicyclic) bond motifs is 9.